The number of fused-ring (bicyclic) bond motifs is 2. The minimum Gasteiger partial charge on any atom is -0.508 e. The molecule has 7 atom stereocenters. The van der Waals surface area contributed by atoms with Gasteiger partial charge in [0.25, 0.3) is 0 Å². The number of nitrogens with zero attached hydrogens (tertiary/aromatic N) is 1. The lowest BCUT2D eigenvalue weighted by Crippen LogP contribution is -2.59. The van der Waals surface area contributed by atoms with Crippen LogP contribution in [0, 0.1) is 0 Å². The first kappa shape index (κ1) is 59.0. The number of carboxylic acid groups (broad SMARTS) is 2. The Morgan fingerprint density at radius 2 is 1.29 bits per heavy atom. The molecule has 0 fully saturated rings. The molecule has 77 heavy (non-hydrogen) atoms. The van der Waals surface area contributed by atoms with Gasteiger partial charge in [0, 0.05) is 49.8 Å². The highest BCUT2D eigenvalue weighted by molar-refractivity contribution is 5.98. The van der Waals surface area contributed by atoms with E-state index in [0.29, 0.717) is 34.9 Å². The number of aliphatic carboxylic acids is 2. The van der Waals surface area contributed by atoms with Crippen molar-refractivity contribution >= 4 is 80.9 Å². The van der Waals surface area contributed by atoms with E-state index in [-0.39, 0.29) is 37.9 Å². The van der Waals surface area contributed by atoms with Gasteiger partial charge in [0.15, 0.2) is 0 Å². The van der Waals surface area contributed by atoms with E-state index in [4.69, 9.17) is 16.6 Å². The number of carboxylic acids is 2. The number of hydrogen-bond acceptors (Lipinski definition) is 12. The molecular weight excluding hydrogens is 997 g/mol. The molecule has 1 heterocycles. The number of rotatable bonds is 29. The topological polar surface area (TPSA) is 375 Å². The van der Waals surface area contributed by atoms with Crippen molar-refractivity contribution in [3.63, 3.8) is 0 Å². The average molecular weight is 1060 g/mol. The Morgan fingerprint density at radius 3 is 1.96 bits per heavy atom. The fourth-order valence-electron chi connectivity index (χ4n) is 8.47. The van der Waals surface area contributed by atoms with Gasteiger partial charge in [-0.1, -0.05) is 92.6 Å². The lowest BCUT2D eigenvalue weighted by molar-refractivity contribution is -0.144. The van der Waals surface area contributed by atoms with Crippen molar-refractivity contribution in [2.45, 2.75) is 114 Å². The molecular formula is C54H66N10O13. The number of hydrogen-bond donors (Lipinski definition) is 12. The standard InChI is InChI=1S/C54H66N10O13/c1-4-5-14-44(53(76)63-42(27-47(69)70)52(75)61-40(48(56)71)25-32-15-18-33-10-6-7-11-34(33)23-32)64(3)54(77)43(26-35-28-57-39-13-9-8-12-37(35)39)60-45(66)29-58-51(74)41(24-31-16-19-36(65)20-17-31)62-49(72)30(2)59-50(73)38(55)21-22-46(67)68/h6-13,15-20,23,28,30,38,40-44,57,65H,4-5,14,21-22,24-27,29,55H2,1-3H3,(H2,56,71)(H,58,74)(H,59,73)(H,60,66)(H,61,75)(H,62,72)(H,63,76)(H,67,68)(H,69,70)/t30-,38+,40-,41-,42-,43-,44-/m0/s1. The summed E-state index contributed by atoms with van der Waals surface area (Å²) in [6.45, 7) is 2.43. The van der Waals surface area contributed by atoms with Crippen LogP contribution in [-0.2, 0) is 67.2 Å². The summed E-state index contributed by atoms with van der Waals surface area (Å²) >= 11 is 0. The average Bonchev–Trinajstić information content (AvgIpc) is 3.81. The molecule has 410 valence electrons. The van der Waals surface area contributed by atoms with Crippen LogP contribution in [0.1, 0.15) is 69.1 Å². The fourth-order valence-corrected chi connectivity index (χ4v) is 8.47. The van der Waals surface area contributed by atoms with Gasteiger partial charge in [-0.25, -0.2) is 0 Å². The number of H-pyrrole nitrogens is 1. The molecule has 0 aliphatic heterocycles. The zero-order chi connectivity index (χ0) is 56.3. The van der Waals surface area contributed by atoms with Gasteiger partial charge >= 0.3 is 11.9 Å². The summed E-state index contributed by atoms with van der Waals surface area (Å²) in [6, 6.07) is 16.2. The summed E-state index contributed by atoms with van der Waals surface area (Å²) in [7, 11) is 1.32. The SMILES string of the molecule is CCCC[C@@H](C(=O)N[C@@H](CC(=O)O)C(=O)N[C@@H](Cc1ccc2ccccc2c1)C(N)=O)N(C)C(=O)[C@H](Cc1c[nH]c2ccccc12)NC(=O)CNC(=O)[C@H](Cc1ccc(O)cc1)NC(=O)[C@H](C)NC(=O)[C@H](N)CCC(=O)O. The van der Waals surface area contributed by atoms with Gasteiger partial charge in [0.1, 0.15) is 42.0 Å². The van der Waals surface area contributed by atoms with Gasteiger partial charge in [-0.3, -0.25) is 47.9 Å². The molecule has 14 N–H and O–H groups in total. The summed E-state index contributed by atoms with van der Waals surface area (Å²) in [6.07, 6.45) is 0.809. The molecule has 23 heteroatoms. The third kappa shape index (κ3) is 17.6. The molecule has 0 unspecified atom stereocenters. The zero-order valence-corrected chi connectivity index (χ0v) is 42.9. The Morgan fingerprint density at radius 1 is 0.649 bits per heavy atom. The third-order valence-corrected chi connectivity index (χ3v) is 12.8. The number of amides is 8. The summed E-state index contributed by atoms with van der Waals surface area (Å²) in [4.78, 5) is 137. The molecule has 0 radical (unpaired) electrons. The quantitative estimate of drug-likeness (QED) is 0.0315. The number of primary amides is 1. The lowest BCUT2D eigenvalue weighted by Gasteiger charge is -2.32. The van der Waals surface area contributed by atoms with E-state index in [2.05, 4.69) is 36.9 Å². The summed E-state index contributed by atoms with van der Waals surface area (Å²) in [5.41, 5.74) is 13.9. The van der Waals surface area contributed by atoms with Gasteiger partial charge in [0.2, 0.25) is 47.3 Å². The van der Waals surface area contributed by atoms with E-state index in [1.165, 1.54) is 38.2 Å². The number of phenolic OH excluding ortho intramolecular Hbond substituents is 1. The number of aromatic amines is 1. The molecule has 0 saturated heterocycles. The number of carbonyl (C=O) groups is 10. The number of carbonyl (C=O) groups excluding carboxylic acids is 8. The van der Waals surface area contributed by atoms with Gasteiger partial charge in [-0.2, -0.15) is 0 Å². The highest BCUT2D eigenvalue weighted by atomic mass is 16.4. The molecule has 0 aliphatic carbocycles. The molecule has 1 aromatic heterocycles. The largest absolute Gasteiger partial charge is 0.508 e. The summed E-state index contributed by atoms with van der Waals surface area (Å²) in [5.74, 6) is -9.65. The molecule has 0 saturated carbocycles. The maximum atomic E-state index is 14.7. The minimum absolute atomic E-state index is 0.0373. The van der Waals surface area contributed by atoms with Gasteiger partial charge < -0.3 is 68.6 Å². The molecule has 23 nitrogen and oxygen atoms in total. The van der Waals surface area contributed by atoms with Crippen molar-refractivity contribution in [2.75, 3.05) is 13.6 Å². The first-order valence-corrected chi connectivity index (χ1v) is 25.0. The predicted octanol–water partition coefficient (Wildman–Crippen LogP) is 0.784. The Hall–Kier alpha value is -8.86. The van der Waals surface area contributed by atoms with Crippen molar-refractivity contribution in [2.24, 2.45) is 11.5 Å². The van der Waals surface area contributed by atoms with Crippen LogP contribution >= 0.6 is 0 Å². The van der Waals surface area contributed by atoms with Crippen LogP contribution < -0.4 is 43.4 Å². The second kappa shape index (κ2) is 28.2. The number of nitrogens with one attached hydrogen (secondary N) is 7. The van der Waals surface area contributed by atoms with Crippen molar-refractivity contribution in [1.29, 1.82) is 0 Å². The molecule has 4 aromatic carbocycles. The van der Waals surface area contributed by atoms with E-state index in [9.17, 15) is 58.2 Å². The van der Waals surface area contributed by atoms with Crippen LogP contribution in [0.2, 0.25) is 0 Å². The summed E-state index contributed by atoms with van der Waals surface area (Å²) in [5, 5.41) is 46.2. The van der Waals surface area contributed by atoms with Gasteiger partial charge in [-0.15, -0.1) is 0 Å². The monoisotopic (exact) mass is 1060 g/mol. The number of phenols is 1. The maximum absolute atomic E-state index is 14.7. The third-order valence-electron chi connectivity index (χ3n) is 12.8. The van der Waals surface area contributed by atoms with Crippen LogP contribution in [0.5, 0.6) is 5.75 Å². The molecule has 0 bridgehead atoms. The number of likely N-dealkylation sites (N-methyl/N-ethyl adjacent to an activating group) is 1. The van der Waals surface area contributed by atoms with Crippen LogP contribution in [0.4, 0.5) is 0 Å². The number of nitrogens with two attached hydrogens (primary N) is 2. The van der Waals surface area contributed by atoms with Crippen molar-refractivity contribution in [3.8, 4) is 5.75 Å². The number of para-hydroxylation sites is 1. The Balaban J connectivity index is 1.34. The molecule has 5 rings (SSSR count). The molecule has 0 aliphatic rings. The van der Waals surface area contributed by atoms with Crippen LogP contribution in [0.25, 0.3) is 21.7 Å². The van der Waals surface area contributed by atoms with Gasteiger partial charge in [0.05, 0.1) is 19.0 Å². The van der Waals surface area contributed by atoms with E-state index in [1.54, 1.807) is 36.5 Å². The molecule has 5 aromatic rings. The highest BCUT2D eigenvalue weighted by Crippen LogP contribution is 2.22. The van der Waals surface area contributed by atoms with Crippen LogP contribution in [0.15, 0.2) is 97.2 Å². The molecule has 0 spiro atoms. The number of aromatic hydroxyl groups is 1. The smallest absolute Gasteiger partial charge is 0.305 e. The number of aromatic nitrogens is 1. The first-order chi connectivity index (χ1) is 36.6. The highest BCUT2D eigenvalue weighted by Gasteiger charge is 2.36. The second-order valence-corrected chi connectivity index (χ2v) is 18.7. The normalized spacial score (nSPS) is 13.8. The first-order valence-electron chi connectivity index (χ1n) is 25.0. The minimum atomic E-state index is -1.73. The van der Waals surface area contributed by atoms with Crippen molar-refractivity contribution in [1.82, 2.24) is 41.8 Å². The Bertz CT molecular complexity index is 2950. The van der Waals surface area contributed by atoms with Gasteiger partial charge in [-0.05, 0) is 65.4 Å². The number of unbranched alkanes of at least 4 members (excludes halogenated alkanes) is 1. The molecule has 8 amide bonds. The van der Waals surface area contributed by atoms with E-state index >= 15 is 0 Å². The van der Waals surface area contributed by atoms with E-state index in [0.717, 1.165) is 21.2 Å². The fraction of sp³-hybridized carbons (Fsp3) is 0.370. The summed E-state index contributed by atoms with van der Waals surface area (Å²) < 4.78 is 0. The van der Waals surface area contributed by atoms with E-state index in [1.807, 2.05) is 43.3 Å². The van der Waals surface area contributed by atoms with Crippen LogP contribution in [-0.4, -0.2) is 140 Å². The zero-order valence-electron chi connectivity index (χ0n) is 42.9. The Kier molecular flexibility index (Phi) is 21.6. The second-order valence-electron chi connectivity index (χ2n) is 18.7. The van der Waals surface area contributed by atoms with Crippen molar-refractivity contribution in [3.05, 3.63) is 114 Å². The van der Waals surface area contributed by atoms with E-state index < -0.39 is 121 Å². The van der Waals surface area contributed by atoms with Crippen LogP contribution in [0.3, 0.4) is 0 Å². The predicted molar refractivity (Wildman–Crippen MR) is 282 cm³/mol. The number of benzene rings is 4. The Labute approximate surface area is 443 Å². The lowest BCUT2D eigenvalue weighted by atomic mass is 10.0. The van der Waals surface area contributed by atoms with Crippen molar-refractivity contribution < 1.29 is 63.3 Å². The maximum Gasteiger partial charge on any atom is 0.305 e.